The Balaban J connectivity index is 2.18. The molecule has 0 N–H and O–H groups in total. The van der Waals surface area contributed by atoms with Crippen molar-refractivity contribution in [2.75, 3.05) is 20.2 Å². The predicted molar refractivity (Wildman–Crippen MR) is 46.7 cm³/mol. The minimum atomic E-state index is 0.502. The Morgan fingerprint density at radius 1 is 1.55 bits per heavy atom. The monoisotopic (exact) mass is 157 g/mol. The molecule has 1 fully saturated rings. The number of likely N-dealkylation sites (N-methyl/N-ethyl adjacent to an activating group) is 1. The zero-order chi connectivity index (χ0) is 8.27. The third kappa shape index (κ3) is 2.80. The molecule has 0 aliphatic carbocycles. The minimum absolute atomic E-state index is 0.502. The largest absolute Gasteiger partial charge is 0.377 e. The highest BCUT2D eigenvalue weighted by Crippen LogP contribution is 2.13. The van der Waals surface area contributed by atoms with Crippen molar-refractivity contribution in [3.63, 3.8) is 0 Å². The Morgan fingerprint density at radius 2 is 2.27 bits per heavy atom. The van der Waals surface area contributed by atoms with Crippen LogP contribution in [0, 0.1) is 0 Å². The standard InChI is InChI=1S/C9H19NO/c1-8(2)10(3)7-9-5-4-6-11-9/h8-9H,4-7H2,1-3H3/t9-/m1/s1. The summed E-state index contributed by atoms with van der Waals surface area (Å²) in [6.45, 7) is 6.50. The predicted octanol–water partition coefficient (Wildman–Crippen LogP) is 1.51. The highest BCUT2D eigenvalue weighted by atomic mass is 16.5. The van der Waals surface area contributed by atoms with Gasteiger partial charge in [0.2, 0.25) is 0 Å². The molecular formula is C9H19NO. The van der Waals surface area contributed by atoms with E-state index in [0.717, 1.165) is 13.2 Å². The van der Waals surface area contributed by atoms with Crippen LogP contribution in [0.1, 0.15) is 26.7 Å². The Bertz CT molecular complexity index is 108. The van der Waals surface area contributed by atoms with Gasteiger partial charge >= 0.3 is 0 Å². The van der Waals surface area contributed by atoms with Crippen molar-refractivity contribution in [1.29, 1.82) is 0 Å². The number of ether oxygens (including phenoxy) is 1. The first-order valence-electron chi connectivity index (χ1n) is 4.52. The Labute approximate surface area is 69.5 Å². The zero-order valence-electron chi connectivity index (χ0n) is 7.84. The van der Waals surface area contributed by atoms with Crippen molar-refractivity contribution in [2.45, 2.75) is 38.8 Å². The lowest BCUT2D eigenvalue weighted by Gasteiger charge is -2.23. The first-order chi connectivity index (χ1) is 5.20. The van der Waals surface area contributed by atoms with Gasteiger partial charge in [-0.15, -0.1) is 0 Å². The molecular weight excluding hydrogens is 138 g/mol. The molecule has 0 saturated carbocycles. The molecule has 1 rings (SSSR count). The van der Waals surface area contributed by atoms with Crippen molar-refractivity contribution in [1.82, 2.24) is 4.90 Å². The lowest BCUT2D eigenvalue weighted by molar-refractivity contribution is 0.0728. The van der Waals surface area contributed by atoms with Gasteiger partial charge in [-0.3, -0.25) is 0 Å². The molecule has 0 radical (unpaired) electrons. The van der Waals surface area contributed by atoms with Crippen LogP contribution in [0.2, 0.25) is 0 Å². The summed E-state index contributed by atoms with van der Waals surface area (Å²) in [5.41, 5.74) is 0. The van der Waals surface area contributed by atoms with Crippen molar-refractivity contribution in [2.24, 2.45) is 0 Å². The van der Waals surface area contributed by atoms with Gasteiger partial charge in [-0.05, 0) is 33.7 Å². The van der Waals surface area contributed by atoms with E-state index in [4.69, 9.17) is 4.74 Å². The van der Waals surface area contributed by atoms with E-state index in [1.165, 1.54) is 12.8 Å². The summed E-state index contributed by atoms with van der Waals surface area (Å²) in [5.74, 6) is 0. The lowest BCUT2D eigenvalue weighted by atomic mass is 10.2. The number of hydrogen-bond acceptors (Lipinski definition) is 2. The van der Waals surface area contributed by atoms with Crippen LogP contribution in [0.4, 0.5) is 0 Å². The summed E-state index contributed by atoms with van der Waals surface area (Å²) in [6.07, 6.45) is 3.00. The van der Waals surface area contributed by atoms with E-state index in [-0.39, 0.29) is 0 Å². The van der Waals surface area contributed by atoms with Gasteiger partial charge in [-0.25, -0.2) is 0 Å². The molecule has 11 heavy (non-hydrogen) atoms. The van der Waals surface area contributed by atoms with Gasteiger partial charge in [0, 0.05) is 19.2 Å². The molecule has 2 heteroatoms. The van der Waals surface area contributed by atoms with Crippen LogP contribution < -0.4 is 0 Å². The normalized spacial score (nSPS) is 25.4. The van der Waals surface area contributed by atoms with E-state index in [1.807, 2.05) is 0 Å². The third-order valence-electron chi connectivity index (χ3n) is 2.40. The average molecular weight is 157 g/mol. The van der Waals surface area contributed by atoms with Gasteiger partial charge in [-0.2, -0.15) is 0 Å². The van der Waals surface area contributed by atoms with Gasteiger partial charge in [0.05, 0.1) is 6.10 Å². The second-order valence-corrected chi connectivity index (χ2v) is 3.67. The molecule has 0 bridgehead atoms. The van der Waals surface area contributed by atoms with Gasteiger partial charge in [-0.1, -0.05) is 0 Å². The summed E-state index contributed by atoms with van der Waals surface area (Å²) >= 11 is 0. The smallest absolute Gasteiger partial charge is 0.0702 e. The fraction of sp³-hybridized carbons (Fsp3) is 1.00. The van der Waals surface area contributed by atoms with Crippen LogP contribution in [-0.2, 0) is 4.74 Å². The molecule has 0 aromatic rings. The van der Waals surface area contributed by atoms with Gasteiger partial charge < -0.3 is 9.64 Å². The number of hydrogen-bond donors (Lipinski definition) is 0. The van der Waals surface area contributed by atoms with E-state index in [1.54, 1.807) is 0 Å². The molecule has 1 aliphatic rings. The fourth-order valence-corrected chi connectivity index (χ4v) is 1.32. The summed E-state index contributed by atoms with van der Waals surface area (Å²) in [7, 11) is 2.16. The Hall–Kier alpha value is -0.0800. The Morgan fingerprint density at radius 3 is 2.73 bits per heavy atom. The molecule has 66 valence electrons. The molecule has 1 saturated heterocycles. The third-order valence-corrected chi connectivity index (χ3v) is 2.40. The second-order valence-electron chi connectivity index (χ2n) is 3.67. The second kappa shape index (κ2) is 4.07. The molecule has 1 heterocycles. The Kier molecular flexibility index (Phi) is 3.34. The van der Waals surface area contributed by atoms with Gasteiger partial charge in [0.25, 0.3) is 0 Å². The summed E-state index contributed by atoms with van der Waals surface area (Å²) in [6, 6.07) is 0.638. The highest BCUT2D eigenvalue weighted by molar-refractivity contribution is 4.69. The molecule has 1 atom stereocenters. The molecule has 0 spiro atoms. The molecule has 0 amide bonds. The molecule has 0 aromatic carbocycles. The summed E-state index contributed by atoms with van der Waals surface area (Å²) in [4.78, 5) is 2.34. The summed E-state index contributed by atoms with van der Waals surface area (Å²) in [5, 5.41) is 0. The van der Waals surface area contributed by atoms with Crippen LogP contribution >= 0.6 is 0 Å². The topological polar surface area (TPSA) is 12.5 Å². The maximum absolute atomic E-state index is 5.53. The van der Waals surface area contributed by atoms with E-state index in [2.05, 4.69) is 25.8 Å². The van der Waals surface area contributed by atoms with Gasteiger partial charge in [0.1, 0.15) is 0 Å². The van der Waals surface area contributed by atoms with E-state index < -0.39 is 0 Å². The van der Waals surface area contributed by atoms with E-state index >= 15 is 0 Å². The first-order valence-corrected chi connectivity index (χ1v) is 4.52. The van der Waals surface area contributed by atoms with Gasteiger partial charge in [0.15, 0.2) is 0 Å². The molecule has 0 unspecified atom stereocenters. The fourth-order valence-electron chi connectivity index (χ4n) is 1.32. The van der Waals surface area contributed by atoms with Crippen LogP contribution in [-0.4, -0.2) is 37.2 Å². The number of nitrogens with zero attached hydrogens (tertiary/aromatic N) is 1. The average Bonchev–Trinajstić information content (AvgIpc) is 2.39. The molecule has 2 nitrogen and oxygen atoms in total. The molecule has 1 aliphatic heterocycles. The van der Waals surface area contributed by atoms with Crippen molar-refractivity contribution < 1.29 is 4.74 Å². The SMILES string of the molecule is CC(C)N(C)C[C@H]1CCCO1. The van der Waals surface area contributed by atoms with Crippen LogP contribution in [0.3, 0.4) is 0 Å². The van der Waals surface area contributed by atoms with Crippen molar-refractivity contribution in [3.05, 3.63) is 0 Å². The van der Waals surface area contributed by atoms with Crippen molar-refractivity contribution >= 4 is 0 Å². The molecule has 0 aromatic heterocycles. The van der Waals surface area contributed by atoms with Crippen LogP contribution in [0.25, 0.3) is 0 Å². The van der Waals surface area contributed by atoms with Crippen LogP contribution in [0.5, 0.6) is 0 Å². The van der Waals surface area contributed by atoms with Crippen LogP contribution in [0.15, 0.2) is 0 Å². The maximum atomic E-state index is 5.53. The zero-order valence-corrected chi connectivity index (χ0v) is 7.84. The lowest BCUT2D eigenvalue weighted by Crippen LogP contribution is -2.33. The minimum Gasteiger partial charge on any atom is -0.377 e. The summed E-state index contributed by atoms with van der Waals surface area (Å²) < 4.78 is 5.53. The van der Waals surface area contributed by atoms with E-state index in [9.17, 15) is 0 Å². The quantitative estimate of drug-likeness (QED) is 0.615. The number of rotatable bonds is 3. The van der Waals surface area contributed by atoms with E-state index in [0.29, 0.717) is 12.1 Å². The first kappa shape index (κ1) is 9.01. The highest BCUT2D eigenvalue weighted by Gasteiger charge is 2.17. The maximum Gasteiger partial charge on any atom is 0.0702 e. The van der Waals surface area contributed by atoms with Crippen molar-refractivity contribution in [3.8, 4) is 0 Å².